The summed E-state index contributed by atoms with van der Waals surface area (Å²) in [5.41, 5.74) is -0.687. The number of carboxylic acid groups (broad SMARTS) is 1. The van der Waals surface area contributed by atoms with Gasteiger partial charge in [-0.1, -0.05) is 12.8 Å². The van der Waals surface area contributed by atoms with Crippen molar-refractivity contribution in [2.45, 2.75) is 83.3 Å². The van der Waals surface area contributed by atoms with E-state index in [9.17, 15) is 9.90 Å². The van der Waals surface area contributed by atoms with Gasteiger partial charge in [-0.3, -0.25) is 10.1 Å². The highest BCUT2D eigenvalue weighted by atomic mass is 16.4. The Bertz CT molecular complexity index is 359. The van der Waals surface area contributed by atoms with Gasteiger partial charge in [0.25, 0.3) is 0 Å². The molecule has 2 aliphatic rings. The molecule has 0 aromatic rings. The molecule has 4 heteroatoms. The summed E-state index contributed by atoms with van der Waals surface area (Å²) >= 11 is 0. The molecule has 2 N–H and O–H groups in total. The summed E-state index contributed by atoms with van der Waals surface area (Å²) in [6.45, 7) is 8.65. The number of nitrogens with one attached hydrogen (secondary N) is 1. The average molecular weight is 296 g/mol. The molecule has 3 unspecified atom stereocenters. The van der Waals surface area contributed by atoms with E-state index in [1.165, 1.54) is 25.8 Å². The minimum Gasteiger partial charge on any atom is -0.480 e. The van der Waals surface area contributed by atoms with Crippen LogP contribution in [0.15, 0.2) is 0 Å². The van der Waals surface area contributed by atoms with Crippen molar-refractivity contribution in [3.05, 3.63) is 0 Å². The largest absolute Gasteiger partial charge is 0.480 e. The minimum atomic E-state index is -0.687. The molecule has 0 aromatic heterocycles. The first-order valence-corrected chi connectivity index (χ1v) is 8.71. The highest BCUT2D eigenvalue weighted by molar-refractivity contribution is 5.79. The third-order valence-corrected chi connectivity index (χ3v) is 5.45. The molecule has 1 heterocycles. The number of likely N-dealkylation sites (tertiary alicyclic amines) is 1. The molecular weight excluding hydrogens is 264 g/mol. The van der Waals surface area contributed by atoms with Crippen molar-refractivity contribution in [2.24, 2.45) is 5.92 Å². The fourth-order valence-electron chi connectivity index (χ4n) is 4.33. The normalized spacial score (nSPS) is 34.5. The van der Waals surface area contributed by atoms with Crippen LogP contribution in [0, 0.1) is 5.92 Å². The Balaban J connectivity index is 1.98. The van der Waals surface area contributed by atoms with Crippen molar-refractivity contribution in [3.8, 4) is 0 Å². The number of hydrogen-bond donors (Lipinski definition) is 2. The van der Waals surface area contributed by atoms with Crippen LogP contribution in [-0.2, 0) is 4.79 Å². The van der Waals surface area contributed by atoms with Gasteiger partial charge in [-0.05, 0) is 71.9 Å². The molecule has 0 aromatic carbocycles. The maximum Gasteiger partial charge on any atom is 0.324 e. The predicted octanol–water partition coefficient (Wildman–Crippen LogP) is 2.87. The topological polar surface area (TPSA) is 52.6 Å². The van der Waals surface area contributed by atoms with Gasteiger partial charge in [0.1, 0.15) is 5.54 Å². The van der Waals surface area contributed by atoms with Crippen LogP contribution in [-0.4, -0.2) is 46.7 Å². The number of hydrogen-bond acceptors (Lipinski definition) is 3. The lowest BCUT2D eigenvalue weighted by Gasteiger charge is -2.38. The summed E-state index contributed by atoms with van der Waals surface area (Å²) in [6.07, 6.45) is 7.80. The zero-order valence-corrected chi connectivity index (χ0v) is 13.9. The number of carbonyl (C=O) groups is 1. The highest BCUT2D eigenvalue weighted by Gasteiger charge is 2.49. The smallest absolute Gasteiger partial charge is 0.324 e. The van der Waals surface area contributed by atoms with Crippen molar-refractivity contribution in [3.63, 3.8) is 0 Å². The van der Waals surface area contributed by atoms with Crippen LogP contribution >= 0.6 is 0 Å². The Morgan fingerprint density at radius 2 is 2.10 bits per heavy atom. The van der Waals surface area contributed by atoms with Crippen molar-refractivity contribution < 1.29 is 9.90 Å². The van der Waals surface area contributed by atoms with Crippen molar-refractivity contribution >= 4 is 5.97 Å². The van der Waals surface area contributed by atoms with E-state index in [2.05, 4.69) is 17.1 Å². The molecule has 21 heavy (non-hydrogen) atoms. The van der Waals surface area contributed by atoms with Crippen molar-refractivity contribution in [1.29, 1.82) is 0 Å². The second kappa shape index (κ2) is 7.10. The predicted molar refractivity (Wildman–Crippen MR) is 85.5 cm³/mol. The lowest BCUT2D eigenvalue weighted by atomic mass is 9.83. The zero-order chi connectivity index (χ0) is 15.5. The first kappa shape index (κ1) is 16.8. The maximum absolute atomic E-state index is 11.9. The third-order valence-electron chi connectivity index (χ3n) is 5.45. The molecule has 122 valence electrons. The molecule has 0 amide bonds. The average Bonchev–Trinajstić information content (AvgIpc) is 2.81. The Morgan fingerprint density at radius 1 is 1.33 bits per heavy atom. The summed E-state index contributed by atoms with van der Waals surface area (Å²) in [4.78, 5) is 14.5. The first-order chi connectivity index (χ1) is 9.95. The SMILES string of the molecule is CC(C)NC1(C(=O)O)CCCC1CCN1CCCCC1C. The molecule has 0 spiro atoms. The Labute approximate surface area is 129 Å². The summed E-state index contributed by atoms with van der Waals surface area (Å²) in [6, 6.07) is 0.882. The van der Waals surface area contributed by atoms with E-state index in [-0.39, 0.29) is 12.0 Å². The number of carboxylic acids is 1. The van der Waals surface area contributed by atoms with E-state index in [0.29, 0.717) is 6.04 Å². The number of rotatable bonds is 6. The maximum atomic E-state index is 11.9. The van der Waals surface area contributed by atoms with Gasteiger partial charge in [0.15, 0.2) is 0 Å². The van der Waals surface area contributed by atoms with Gasteiger partial charge in [-0.25, -0.2) is 0 Å². The van der Waals surface area contributed by atoms with Gasteiger partial charge in [-0.15, -0.1) is 0 Å². The third kappa shape index (κ3) is 3.78. The number of piperidine rings is 1. The lowest BCUT2D eigenvalue weighted by Crippen LogP contribution is -2.57. The fraction of sp³-hybridized carbons (Fsp3) is 0.941. The van der Waals surface area contributed by atoms with E-state index in [0.717, 1.165) is 32.2 Å². The monoisotopic (exact) mass is 296 g/mol. The molecule has 1 saturated heterocycles. The van der Waals surface area contributed by atoms with E-state index >= 15 is 0 Å². The molecule has 1 aliphatic carbocycles. The highest BCUT2D eigenvalue weighted by Crippen LogP contribution is 2.39. The molecule has 2 fully saturated rings. The Hall–Kier alpha value is -0.610. The van der Waals surface area contributed by atoms with E-state index in [1.54, 1.807) is 0 Å². The molecule has 0 bridgehead atoms. The van der Waals surface area contributed by atoms with Gasteiger partial charge in [0.05, 0.1) is 0 Å². The van der Waals surface area contributed by atoms with E-state index in [4.69, 9.17) is 0 Å². The summed E-state index contributed by atoms with van der Waals surface area (Å²) in [5.74, 6) is -0.378. The molecule has 0 radical (unpaired) electrons. The van der Waals surface area contributed by atoms with Crippen LogP contribution in [0.5, 0.6) is 0 Å². The fourth-order valence-corrected chi connectivity index (χ4v) is 4.33. The standard InChI is InChI=1S/C17H32N2O2/c1-13(2)18-17(16(20)21)10-6-8-15(17)9-12-19-11-5-4-7-14(19)3/h13-15,18H,4-12H2,1-3H3,(H,20,21). The summed E-state index contributed by atoms with van der Waals surface area (Å²) < 4.78 is 0. The minimum absolute atomic E-state index is 0.218. The molecule has 3 atom stereocenters. The van der Waals surface area contributed by atoms with Gasteiger partial charge >= 0.3 is 5.97 Å². The molecule has 4 nitrogen and oxygen atoms in total. The summed E-state index contributed by atoms with van der Waals surface area (Å²) in [7, 11) is 0. The Kier molecular flexibility index (Phi) is 5.67. The van der Waals surface area contributed by atoms with Gasteiger partial charge < -0.3 is 10.0 Å². The van der Waals surface area contributed by atoms with E-state index in [1.807, 2.05) is 13.8 Å². The van der Waals surface area contributed by atoms with Crippen LogP contribution in [0.3, 0.4) is 0 Å². The molecular formula is C17H32N2O2. The summed E-state index contributed by atoms with van der Waals surface area (Å²) in [5, 5.41) is 13.2. The molecule has 1 saturated carbocycles. The van der Waals surface area contributed by atoms with Crippen LogP contribution in [0.25, 0.3) is 0 Å². The number of nitrogens with zero attached hydrogens (tertiary/aromatic N) is 1. The van der Waals surface area contributed by atoms with Gasteiger partial charge in [-0.2, -0.15) is 0 Å². The second-order valence-electron chi connectivity index (χ2n) is 7.33. The van der Waals surface area contributed by atoms with Crippen LogP contribution in [0.4, 0.5) is 0 Å². The van der Waals surface area contributed by atoms with Gasteiger partial charge in [0, 0.05) is 12.1 Å². The second-order valence-corrected chi connectivity index (χ2v) is 7.33. The molecule has 2 rings (SSSR count). The van der Waals surface area contributed by atoms with E-state index < -0.39 is 11.5 Å². The van der Waals surface area contributed by atoms with Crippen molar-refractivity contribution in [2.75, 3.05) is 13.1 Å². The van der Waals surface area contributed by atoms with Crippen molar-refractivity contribution in [1.82, 2.24) is 10.2 Å². The lowest BCUT2D eigenvalue weighted by molar-refractivity contribution is -0.147. The quantitative estimate of drug-likeness (QED) is 0.791. The van der Waals surface area contributed by atoms with Gasteiger partial charge in [0.2, 0.25) is 0 Å². The zero-order valence-electron chi connectivity index (χ0n) is 13.9. The van der Waals surface area contributed by atoms with Crippen LogP contribution < -0.4 is 5.32 Å². The first-order valence-electron chi connectivity index (χ1n) is 8.71. The number of aliphatic carboxylic acids is 1. The Morgan fingerprint density at radius 3 is 2.71 bits per heavy atom. The van der Waals surface area contributed by atoms with Crippen LogP contribution in [0.2, 0.25) is 0 Å². The molecule has 1 aliphatic heterocycles. The van der Waals surface area contributed by atoms with Crippen LogP contribution in [0.1, 0.15) is 65.7 Å².